The number of benzene rings is 1. The number of hydrogen-bond acceptors (Lipinski definition) is 1. The molecule has 3 unspecified atom stereocenters. The SMILES string of the molecule is CC(CC1NCCCCC1C)c1ccccc1. The Morgan fingerprint density at radius 2 is 2.00 bits per heavy atom. The highest BCUT2D eigenvalue weighted by molar-refractivity contribution is 5.19. The monoisotopic (exact) mass is 231 g/mol. The summed E-state index contributed by atoms with van der Waals surface area (Å²) in [5, 5.41) is 3.73. The van der Waals surface area contributed by atoms with Crippen LogP contribution in [0, 0.1) is 5.92 Å². The summed E-state index contributed by atoms with van der Waals surface area (Å²) in [5.74, 6) is 1.48. The molecule has 0 aromatic heterocycles. The minimum absolute atomic E-state index is 0.661. The van der Waals surface area contributed by atoms with Gasteiger partial charge in [-0.3, -0.25) is 0 Å². The minimum atomic E-state index is 0.661. The third-order valence-electron chi connectivity index (χ3n) is 4.16. The van der Waals surface area contributed by atoms with Crippen molar-refractivity contribution in [3.8, 4) is 0 Å². The fourth-order valence-corrected chi connectivity index (χ4v) is 2.90. The third-order valence-corrected chi connectivity index (χ3v) is 4.16. The summed E-state index contributed by atoms with van der Waals surface area (Å²) >= 11 is 0. The van der Waals surface area contributed by atoms with E-state index in [1.165, 1.54) is 37.8 Å². The molecule has 0 saturated carbocycles. The predicted octanol–water partition coefficient (Wildman–Crippen LogP) is 3.96. The molecule has 1 saturated heterocycles. The van der Waals surface area contributed by atoms with Gasteiger partial charge in [-0.25, -0.2) is 0 Å². The van der Waals surface area contributed by atoms with Gasteiger partial charge in [0.1, 0.15) is 0 Å². The minimum Gasteiger partial charge on any atom is -0.314 e. The van der Waals surface area contributed by atoms with E-state index in [4.69, 9.17) is 0 Å². The van der Waals surface area contributed by atoms with Gasteiger partial charge in [-0.1, -0.05) is 50.6 Å². The normalized spacial score (nSPS) is 27.4. The van der Waals surface area contributed by atoms with E-state index in [2.05, 4.69) is 49.5 Å². The second kappa shape index (κ2) is 6.20. The maximum atomic E-state index is 3.73. The molecule has 0 radical (unpaired) electrons. The van der Waals surface area contributed by atoms with Crippen molar-refractivity contribution in [2.75, 3.05) is 6.54 Å². The lowest BCUT2D eigenvalue weighted by atomic mass is 9.87. The molecule has 1 heteroatoms. The van der Waals surface area contributed by atoms with Crippen LogP contribution >= 0.6 is 0 Å². The van der Waals surface area contributed by atoms with Gasteiger partial charge in [-0.2, -0.15) is 0 Å². The van der Waals surface area contributed by atoms with E-state index in [9.17, 15) is 0 Å². The third kappa shape index (κ3) is 3.57. The molecular weight excluding hydrogens is 206 g/mol. The van der Waals surface area contributed by atoms with Crippen LogP contribution < -0.4 is 5.32 Å². The summed E-state index contributed by atoms with van der Waals surface area (Å²) in [5.41, 5.74) is 1.48. The Labute approximate surface area is 106 Å². The van der Waals surface area contributed by atoms with Crippen LogP contribution in [-0.2, 0) is 0 Å². The van der Waals surface area contributed by atoms with Gasteiger partial charge in [0.05, 0.1) is 0 Å². The molecule has 0 bridgehead atoms. The van der Waals surface area contributed by atoms with Crippen molar-refractivity contribution in [1.82, 2.24) is 5.32 Å². The zero-order chi connectivity index (χ0) is 12.1. The Hall–Kier alpha value is -0.820. The van der Waals surface area contributed by atoms with E-state index in [0.717, 1.165) is 5.92 Å². The molecule has 1 heterocycles. The highest BCUT2D eigenvalue weighted by atomic mass is 14.9. The van der Waals surface area contributed by atoms with Crippen molar-refractivity contribution in [3.05, 3.63) is 35.9 Å². The lowest BCUT2D eigenvalue weighted by Gasteiger charge is -2.26. The first kappa shape index (κ1) is 12.6. The number of hydrogen-bond donors (Lipinski definition) is 1. The van der Waals surface area contributed by atoms with Gasteiger partial charge >= 0.3 is 0 Å². The van der Waals surface area contributed by atoms with E-state index >= 15 is 0 Å². The number of nitrogens with one attached hydrogen (secondary N) is 1. The van der Waals surface area contributed by atoms with Crippen molar-refractivity contribution in [2.45, 2.75) is 51.5 Å². The van der Waals surface area contributed by atoms with Gasteiger partial charge in [0.25, 0.3) is 0 Å². The maximum absolute atomic E-state index is 3.73. The van der Waals surface area contributed by atoms with Crippen molar-refractivity contribution in [3.63, 3.8) is 0 Å². The molecule has 0 amide bonds. The molecule has 94 valence electrons. The van der Waals surface area contributed by atoms with E-state index in [1.807, 2.05) is 0 Å². The summed E-state index contributed by atoms with van der Waals surface area (Å²) < 4.78 is 0. The maximum Gasteiger partial charge on any atom is 0.00984 e. The molecule has 1 fully saturated rings. The van der Waals surface area contributed by atoms with Gasteiger partial charge in [0, 0.05) is 6.04 Å². The standard InChI is InChI=1S/C16H25N/c1-13-8-6-7-11-17-16(13)12-14(2)15-9-4-3-5-10-15/h3-5,9-10,13-14,16-17H,6-8,11-12H2,1-2H3. The van der Waals surface area contributed by atoms with Crippen LogP contribution in [0.15, 0.2) is 30.3 Å². The fraction of sp³-hybridized carbons (Fsp3) is 0.625. The van der Waals surface area contributed by atoms with E-state index in [1.54, 1.807) is 0 Å². The van der Waals surface area contributed by atoms with Crippen molar-refractivity contribution in [1.29, 1.82) is 0 Å². The van der Waals surface area contributed by atoms with Gasteiger partial charge in [-0.05, 0) is 43.2 Å². The van der Waals surface area contributed by atoms with Crippen LogP contribution in [0.2, 0.25) is 0 Å². The van der Waals surface area contributed by atoms with Crippen LogP contribution in [0.5, 0.6) is 0 Å². The van der Waals surface area contributed by atoms with E-state index < -0.39 is 0 Å². The Balaban J connectivity index is 1.95. The molecule has 2 rings (SSSR count). The zero-order valence-corrected chi connectivity index (χ0v) is 11.2. The number of rotatable bonds is 3. The second-order valence-corrected chi connectivity index (χ2v) is 5.58. The van der Waals surface area contributed by atoms with E-state index in [-0.39, 0.29) is 0 Å². The van der Waals surface area contributed by atoms with Crippen molar-refractivity contribution < 1.29 is 0 Å². The highest BCUT2D eigenvalue weighted by Gasteiger charge is 2.21. The molecule has 0 spiro atoms. The summed E-state index contributed by atoms with van der Waals surface area (Å²) in [6, 6.07) is 11.6. The summed E-state index contributed by atoms with van der Waals surface area (Å²) in [7, 11) is 0. The summed E-state index contributed by atoms with van der Waals surface area (Å²) in [6.07, 6.45) is 5.40. The molecule has 1 aromatic carbocycles. The Morgan fingerprint density at radius 1 is 1.24 bits per heavy atom. The lowest BCUT2D eigenvalue weighted by molar-refractivity contribution is 0.351. The molecule has 3 atom stereocenters. The van der Waals surface area contributed by atoms with Gasteiger partial charge in [-0.15, -0.1) is 0 Å². The van der Waals surface area contributed by atoms with Gasteiger partial charge < -0.3 is 5.32 Å². The van der Waals surface area contributed by atoms with Crippen LogP contribution in [0.25, 0.3) is 0 Å². The first-order valence-electron chi connectivity index (χ1n) is 7.05. The fourth-order valence-electron chi connectivity index (χ4n) is 2.90. The van der Waals surface area contributed by atoms with Crippen LogP contribution in [0.1, 0.15) is 51.0 Å². The molecule has 0 aliphatic carbocycles. The highest BCUT2D eigenvalue weighted by Crippen LogP contribution is 2.26. The Kier molecular flexibility index (Phi) is 4.61. The zero-order valence-electron chi connectivity index (χ0n) is 11.2. The second-order valence-electron chi connectivity index (χ2n) is 5.58. The molecule has 1 N–H and O–H groups in total. The van der Waals surface area contributed by atoms with E-state index in [0.29, 0.717) is 12.0 Å². The predicted molar refractivity (Wildman–Crippen MR) is 74.3 cm³/mol. The summed E-state index contributed by atoms with van der Waals surface area (Å²) in [6.45, 7) is 5.96. The Bertz CT molecular complexity index is 320. The average Bonchev–Trinajstić information content (AvgIpc) is 2.56. The van der Waals surface area contributed by atoms with Gasteiger partial charge in [0.2, 0.25) is 0 Å². The van der Waals surface area contributed by atoms with Crippen molar-refractivity contribution in [2.24, 2.45) is 5.92 Å². The quantitative estimate of drug-likeness (QED) is 0.830. The molecule has 1 aliphatic rings. The smallest absolute Gasteiger partial charge is 0.00984 e. The van der Waals surface area contributed by atoms with Crippen LogP contribution in [0.3, 0.4) is 0 Å². The molecule has 1 nitrogen and oxygen atoms in total. The molecule has 1 aliphatic heterocycles. The molecular formula is C16H25N. The Morgan fingerprint density at radius 3 is 2.76 bits per heavy atom. The molecule has 1 aromatic rings. The first-order valence-corrected chi connectivity index (χ1v) is 7.05. The lowest BCUT2D eigenvalue weighted by Crippen LogP contribution is -2.34. The molecule has 17 heavy (non-hydrogen) atoms. The summed E-state index contributed by atoms with van der Waals surface area (Å²) in [4.78, 5) is 0. The first-order chi connectivity index (χ1) is 8.27. The topological polar surface area (TPSA) is 12.0 Å². The van der Waals surface area contributed by atoms with Gasteiger partial charge in [0.15, 0.2) is 0 Å². The van der Waals surface area contributed by atoms with Crippen LogP contribution in [0.4, 0.5) is 0 Å². The average molecular weight is 231 g/mol. The van der Waals surface area contributed by atoms with Crippen molar-refractivity contribution >= 4 is 0 Å². The largest absolute Gasteiger partial charge is 0.314 e. The van der Waals surface area contributed by atoms with Crippen LogP contribution in [-0.4, -0.2) is 12.6 Å².